The molecule has 1 heterocycles. The minimum Gasteiger partial charge on any atom is -0.497 e. The Morgan fingerprint density at radius 1 is 1.75 bits per heavy atom. The van der Waals surface area contributed by atoms with Crippen LogP contribution in [0.4, 0.5) is 0 Å². The fourth-order valence-corrected chi connectivity index (χ4v) is 0.795. The zero-order chi connectivity index (χ0) is 8.97. The molecule has 0 unspecified atom stereocenters. The SMILES string of the molecule is COc1ccnc(C(=O)CN)c1. The Balaban J connectivity index is 2.93. The van der Waals surface area contributed by atoms with Crippen molar-refractivity contribution in [1.29, 1.82) is 0 Å². The molecule has 0 spiro atoms. The molecule has 0 bridgehead atoms. The summed E-state index contributed by atoms with van der Waals surface area (Å²) in [6.45, 7) is -0.0276. The van der Waals surface area contributed by atoms with Crippen molar-refractivity contribution < 1.29 is 9.53 Å². The van der Waals surface area contributed by atoms with Crippen molar-refractivity contribution in [1.82, 2.24) is 4.98 Å². The molecule has 0 aliphatic carbocycles. The molecule has 0 aromatic carbocycles. The topological polar surface area (TPSA) is 65.2 Å². The molecular formula is C8H10N2O2. The van der Waals surface area contributed by atoms with E-state index in [1.807, 2.05) is 0 Å². The summed E-state index contributed by atoms with van der Waals surface area (Å²) in [5, 5.41) is 0. The van der Waals surface area contributed by atoms with Crippen LogP contribution in [0.1, 0.15) is 10.5 Å². The highest BCUT2D eigenvalue weighted by molar-refractivity contribution is 5.95. The van der Waals surface area contributed by atoms with E-state index in [4.69, 9.17) is 10.5 Å². The van der Waals surface area contributed by atoms with Gasteiger partial charge in [-0.25, -0.2) is 0 Å². The number of Topliss-reactive ketones (excluding diaryl/α,β-unsaturated/α-hetero) is 1. The molecule has 4 heteroatoms. The highest BCUT2D eigenvalue weighted by Gasteiger charge is 2.04. The first-order valence-electron chi connectivity index (χ1n) is 3.51. The van der Waals surface area contributed by atoms with E-state index in [1.54, 1.807) is 12.1 Å². The number of ketones is 1. The van der Waals surface area contributed by atoms with Gasteiger partial charge in [-0.1, -0.05) is 0 Å². The van der Waals surface area contributed by atoms with E-state index in [1.165, 1.54) is 13.3 Å². The van der Waals surface area contributed by atoms with Crippen molar-refractivity contribution >= 4 is 5.78 Å². The molecule has 1 aromatic rings. The summed E-state index contributed by atoms with van der Waals surface area (Å²) in [5.74, 6) is 0.427. The molecule has 0 saturated heterocycles. The predicted octanol–water partition coefficient (Wildman–Crippen LogP) is 0.232. The molecule has 1 rings (SSSR count). The summed E-state index contributed by atoms with van der Waals surface area (Å²) in [6.07, 6.45) is 1.52. The lowest BCUT2D eigenvalue weighted by Crippen LogP contribution is -2.14. The number of rotatable bonds is 3. The van der Waals surface area contributed by atoms with E-state index in [-0.39, 0.29) is 12.3 Å². The summed E-state index contributed by atoms with van der Waals surface area (Å²) in [6, 6.07) is 3.24. The molecule has 1 aromatic heterocycles. The van der Waals surface area contributed by atoms with E-state index in [0.29, 0.717) is 11.4 Å². The number of aromatic nitrogens is 1. The molecule has 0 atom stereocenters. The maximum absolute atomic E-state index is 11.0. The lowest BCUT2D eigenvalue weighted by atomic mass is 10.2. The minimum atomic E-state index is -0.186. The van der Waals surface area contributed by atoms with Gasteiger partial charge in [0.05, 0.1) is 13.7 Å². The molecule has 0 saturated carbocycles. The Kier molecular flexibility index (Phi) is 2.76. The van der Waals surface area contributed by atoms with Crippen molar-refractivity contribution in [2.45, 2.75) is 0 Å². The summed E-state index contributed by atoms with van der Waals surface area (Å²) >= 11 is 0. The van der Waals surface area contributed by atoms with Crippen molar-refractivity contribution in [3.05, 3.63) is 24.0 Å². The number of hydrogen-bond acceptors (Lipinski definition) is 4. The fourth-order valence-electron chi connectivity index (χ4n) is 0.795. The Bertz CT molecular complexity index is 286. The van der Waals surface area contributed by atoms with Gasteiger partial charge in [0.2, 0.25) is 0 Å². The Morgan fingerprint density at radius 2 is 2.50 bits per heavy atom. The summed E-state index contributed by atoms with van der Waals surface area (Å²) in [4.78, 5) is 14.9. The molecule has 0 aliphatic heterocycles. The minimum absolute atomic E-state index is 0.0276. The maximum Gasteiger partial charge on any atom is 0.194 e. The second-order valence-corrected chi connectivity index (χ2v) is 2.21. The van der Waals surface area contributed by atoms with Crippen molar-refractivity contribution in [2.24, 2.45) is 5.73 Å². The van der Waals surface area contributed by atoms with Crippen molar-refractivity contribution in [3.8, 4) is 5.75 Å². The first-order chi connectivity index (χ1) is 5.77. The predicted molar refractivity (Wildman–Crippen MR) is 44.2 cm³/mol. The lowest BCUT2D eigenvalue weighted by molar-refractivity contribution is 0.0996. The number of carbonyl (C=O) groups excluding carboxylic acids is 1. The molecule has 0 fully saturated rings. The number of nitrogens with two attached hydrogens (primary N) is 1. The van der Waals surface area contributed by atoms with Crippen LogP contribution in [0.2, 0.25) is 0 Å². The zero-order valence-corrected chi connectivity index (χ0v) is 6.78. The number of carbonyl (C=O) groups is 1. The van der Waals surface area contributed by atoms with Gasteiger partial charge in [-0.3, -0.25) is 9.78 Å². The lowest BCUT2D eigenvalue weighted by Gasteiger charge is -2.00. The fraction of sp³-hybridized carbons (Fsp3) is 0.250. The van der Waals surface area contributed by atoms with Gasteiger partial charge in [0, 0.05) is 12.3 Å². The van der Waals surface area contributed by atoms with Gasteiger partial charge in [0.15, 0.2) is 5.78 Å². The number of pyridine rings is 1. The molecule has 4 nitrogen and oxygen atoms in total. The molecular weight excluding hydrogens is 156 g/mol. The highest BCUT2D eigenvalue weighted by atomic mass is 16.5. The van der Waals surface area contributed by atoms with Crippen LogP contribution >= 0.6 is 0 Å². The van der Waals surface area contributed by atoms with Gasteiger partial charge < -0.3 is 10.5 Å². The van der Waals surface area contributed by atoms with Gasteiger partial charge in [-0.15, -0.1) is 0 Å². The van der Waals surface area contributed by atoms with Gasteiger partial charge in [0.25, 0.3) is 0 Å². The first kappa shape index (κ1) is 8.67. The maximum atomic E-state index is 11.0. The van der Waals surface area contributed by atoms with Crippen LogP contribution in [0.25, 0.3) is 0 Å². The van der Waals surface area contributed by atoms with Gasteiger partial charge >= 0.3 is 0 Å². The molecule has 0 amide bonds. The monoisotopic (exact) mass is 166 g/mol. The van der Waals surface area contributed by atoms with E-state index in [9.17, 15) is 4.79 Å². The standard InChI is InChI=1S/C8H10N2O2/c1-12-6-2-3-10-7(4-6)8(11)5-9/h2-4H,5,9H2,1H3. The van der Waals surface area contributed by atoms with Gasteiger partial charge in [0.1, 0.15) is 11.4 Å². The third-order valence-corrected chi connectivity index (χ3v) is 1.44. The molecule has 64 valence electrons. The van der Waals surface area contributed by atoms with E-state index >= 15 is 0 Å². The normalized spacial score (nSPS) is 9.50. The van der Waals surface area contributed by atoms with Gasteiger partial charge in [-0.2, -0.15) is 0 Å². The highest BCUT2D eigenvalue weighted by Crippen LogP contribution is 2.09. The second-order valence-electron chi connectivity index (χ2n) is 2.21. The molecule has 0 aliphatic rings. The number of methoxy groups -OCH3 is 1. The number of nitrogens with zero attached hydrogens (tertiary/aromatic N) is 1. The van der Waals surface area contributed by atoms with Crippen molar-refractivity contribution in [3.63, 3.8) is 0 Å². The van der Waals surface area contributed by atoms with Crippen LogP contribution in [-0.2, 0) is 0 Å². The van der Waals surface area contributed by atoms with Gasteiger partial charge in [-0.05, 0) is 6.07 Å². The number of ether oxygens (including phenoxy) is 1. The van der Waals surface area contributed by atoms with Crippen LogP contribution in [0.5, 0.6) is 5.75 Å². The van der Waals surface area contributed by atoms with Crippen LogP contribution in [0.3, 0.4) is 0 Å². The van der Waals surface area contributed by atoms with E-state index in [0.717, 1.165) is 0 Å². The van der Waals surface area contributed by atoms with Crippen LogP contribution in [0.15, 0.2) is 18.3 Å². The third kappa shape index (κ3) is 1.79. The largest absolute Gasteiger partial charge is 0.497 e. The Morgan fingerprint density at radius 3 is 3.08 bits per heavy atom. The van der Waals surface area contributed by atoms with E-state index < -0.39 is 0 Å². The van der Waals surface area contributed by atoms with Crippen LogP contribution in [-0.4, -0.2) is 24.4 Å². The van der Waals surface area contributed by atoms with E-state index in [2.05, 4.69) is 4.98 Å². The molecule has 12 heavy (non-hydrogen) atoms. The average molecular weight is 166 g/mol. The third-order valence-electron chi connectivity index (χ3n) is 1.44. The second kappa shape index (κ2) is 3.82. The quantitative estimate of drug-likeness (QED) is 0.653. The van der Waals surface area contributed by atoms with Crippen LogP contribution in [0, 0.1) is 0 Å². The summed E-state index contributed by atoms with van der Waals surface area (Å²) < 4.78 is 4.92. The number of hydrogen-bond donors (Lipinski definition) is 1. The average Bonchev–Trinajstić information content (AvgIpc) is 2.17. The summed E-state index contributed by atoms with van der Waals surface area (Å²) in [5.41, 5.74) is 5.51. The molecule has 2 N–H and O–H groups in total. The smallest absolute Gasteiger partial charge is 0.194 e. The van der Waals surface area contributed by atoms with Crippen LogP contribution < -0.4 is 10.5 Å². The zero-order valence-electron chi connectivity index (χ0n) is 6.78. The van der Waals surface area contributed by atoms with Crippen molar-refractivity contribution in [2.75, 3.05) is 13.7 Å². The molecule has 0 radical (unpaired) electrons. The Hall–Kier alpha value is -1.42. The summed E-state index contributed by atoms with van der Waals surface area (Å²) in [7, 11) is 1.53. The Labute approximate surface area is 70.4 Å². The first-order valence-corrected chi connectivity index (χ1v) is 3.51.